The average Bonchev–Trinajstić information content (AvgIpc) is 2.97. The van der Waals surface area contributed by atoms with E-state index in [4.69, 9.17) is 0 Å². The molecule has 0 bridgehead atoms. The third-order valence-electron chi connectivity index (χ3n) is 3.77. The van der Waals surface area contributed by atoms with Crippen LogP contribution in [0.4, 0.5) is 0 Å². The van der Waals surface area contributed by atoms with E-state index in [0.29, 0.717) is 11.9 Å². The second-order valence-electron chi connectivity index (χ2n) is 5.32. The molecule has 0 radical (unpaired) electrons. The Morgan fingerprint density at radius 1 is 1.43 bits per heavy atom. The Kier molecular flexibility index (Phi) is 3.89. The van der Waals surface area contributed by atoms with Crippen molar-refractivity contribution in [3.63, 3.8) is 0 Å². The number of carbonyl (C=O) groups excluding carboxylic acids is 1. The molecule has 0 unspecified atom stereocenters. The molecular weight excluding hydrogens is 268 g/mol. The van der Waals surface area contributed by atoms with E-state index in [1.807, 2.05) is 17.0 Å². The van der Waals surface area contributed by atoms with E-state index < -0.39 is 0 Å². The van der Waals surface area contributed by atoms with Crippen LogP contribution >= 0.6 is 0 Å². The normalized spacial score (nSPS) is 18.7. The molecule has 7 heteroatoms. The van der Waals surface area contributed by atoms with E-state index in [1.165, 1.54) is 11.2 Å². The fourth-order valence-electron chi connectivity index (χ4n) is 2.60. The minimum absolute atomic E-state index is 0.0531. The fourth-order valence-corrected chi connectivity index (χ4v) is 2.60. The van der Waals surface area contributed by atoms with Crippen molar-refractivity contribution in [1.29, 1.82) is 0 Å². The summed E-state index contributed by atoms with van der Waals surface area (Å²) in [5, 5.41) is 12.2. The summed E-state index contributed by atoms with van der Waals surface area (Å²) in [7, 11) is 0. The standard InChI is InChI=1S/C14H18N6O/c1-11-5-2-3-8-19(11)13(21)10-20-17-14(16-18-20)12-6-4-7-15-9-12/h4,6-7,9,11H,2-3,5,8,10H2,1H3/t11-/m0/s1. The first-order chi connectivity index (χ1) is 10.2. The molecule has 21 heavy (non-hydrogen) atoms. The number of carbonyl (C=O) groups is 1. The van der Waals surface area contributed by atoms with Gasteiger partial charge in [0.15, 0.2) is 0 Å². The van der Waals surface area contributed by atoms with E-state index >= 15 is 0 Å². The molecule has 7 nitrogen and oxygen atoms in total. The molecule has 110 valence electrons. The minimum Gasteiger partial charge on any atom is -0.338 e. The minimum atomic E-state index is 0.0531. The molecule has 1 fully saturated rings. The Bertz CT molecular complexity index is 611. The third kappa shape index (κ3) is 3.07. The molecule has 0 aliphatic carbocycles. The lowest BCUT2D eigenvalue weighted by molar-refractivity contribution is -0.135. The fraction of sp³-hybridized carbons (Fsp3) is 0.500. The predicted octanol–water partition coefficient (Wildman–Crippen LogP) is 1.14. The van der Waals surface area contributed by atoms with Gasteiger partial charge in [0.1, 0.15) is 6.54 Å². The van der Waals surface area contributed by atoms with Crippen LogP contribution in [0.15, 0.2) is 24.5 Å². The molecule has 1 aliphatic heterocycles. The van der Waals surface area contributed by atoms with Gasteiger partial charge in [-0.25, -0.2) is 0 Å². The van der Waals surface area contributed by atoms with Crippen LogP contribution in [0.2, 0.25) is 0 Å². The highest BCUT2D eigenvalue weighted by Gasteiger charge is 2.23. The second-order valence-corrected chi connectivity index (χ2v) is 5.32. The lowest BCUT2D eigenvalue weighted by Gasteiger charge is -2.33. The summed E-state index contributed by atoms with van der Waals surface area (Å²) in [6.07, 6.45) is 6.70. The maximum Gasteiger partial charge on any atom is 0.246 e. The Morgan fingerprint density at radius 2 is 2.33 bits per heavy atom. The molecule has 2 aromatic rings. The monoisotopic (exact) mass is 286 g/mol. The molecule has 2 aromatic heterocycles. The van der Waals surface area contributed by atoms with Crippen LogP contribution in [0.5, 0.6) is 0 Å². The topological polar surface area (TPSA) is 76.8 Å². The van der Waals surface area contributed by atoms with Crippen molar-refractivity contribution >= 4 is 5.91 Å². The molecular formula is C14H18N6O. The molecule has 0 N–H and O–H groups in total. The average molecular weight is 286 g/mol. The maximum atomic E-state index is 12.3. The molecule has 3 heterocycles. The lowest BCUT2D eigenvalue weighted by atomic mass is 10.0. The summed E-state index contributed by atoms with van der Waals surface area (Å²) < 4.78 is 0. The number of tetrazole rings is 1. The lowest BCUT2D eigenvalue weighted by Crippen LogP contribution is -2.43. The number of likely N-dealkylation sites (tertiary alicyclic amines) is 1. The number of rotatable bonds is 3. The zero-order valence-corrected chi connectivity index (χ0v) is 12.0. The van der Waals surface area contributed by atoms with Crippen LogP contribution in [0.3, 0.4) is 0 Å². The Labute approximate surface area is 123 Å². The Hall–Kier alpha value is -2.31. The van der Waals surface area contributed by atoms with E-state index in [0.717, 1.165) is 24.9 Å². The zero-order chi connectivity index (χ0) is 14.7. The first kappa shape index (κ1) is 13.7. The number of nitrogens with zero attached hydrogens (tertiary/aromatic N) is 6. The first-order valence-corrected chi connectivity index (χ1v) is 7.22. The van der Waals surface area contributed by atoms with Gasteiger partial charge in [-0.2, -0.15) is 4.80 Å². The van der Waals surface area contributed by atoms with Crippen LogP contribution in [-0.4, -0.2) is 48.6 Å². The second kappa shape index (κ2) is 5.99. The van der Waals surface area contributed by atoms with Crippen molar-refractivity contribution in [2.45, 2.75) is 38.8 Å². The van der Waals surface area contributed by atoms with Gasteiger partial charge in [-0.3, -0.25) is 9.78 Å². The van der Waals surface area contributed by atoms with Crippen molar-refractivity contribution in [1.82, 2.24) is 30.1 Å². The molecule has 1 aliphatic rings. The molecule has 3 rings (SSSR count). The number of pyridine rings is 1. The number of hydrogen-bond donors (Lipinski definition) is 0. The van der Waals surface area contributed by atoms with Crippen molar-refractivity contribution in [3.05, 3.63) is 24.5 Å². The van der Waals surface area contributed by atoms with E-state index in [-0.39, 0.29) is 12.5 Å². The number of amides is 1. The molecule has 0 aromatic carbocycles. The number of piperidine rings is 1. The summed E-state index contributed by atoms with van der Waals surface area (Å²) in [5.74, 6) is 0.542. The molecule has 0 spiro atoms. The van der Waals surface area contributed by atoms with Gasteiger partial charge in [0.2, 0.25) is 11.7 Å². The van der Waals surface area contributed by atoms with Gasteiger partial charge in [0.05, 0.1) is 0 Å². The van der Waals surface area contributed by atoms with Gasteiger partial charge in [-0.1, -0.05) is 0 Å². The summed E-state index contributed by atoms with van der Waals surface area (Å²) in [4.78, 5) is 19.6. The molecule has 1 amide bonds. The molecule has 0 saturated carbocycles. The van der Waals surface area contributed by atoms with Crippen molar-refractivity contribution in [3.8, 4) is 11.4 Å². The summed E-state index contributed by atoms with van der Waals surface area (Å²) in [5.41, 5.74) is 0.794. The third-order valence-corrected chi connectivity index (χ3v) is 3.77. The number of hydrogen-bond acceptors (Lipinski definition) is 5. The maximum absolute atomic E-state index is 12.3. The Morgan fingerprint density at radius 3 is 3.10 bits per heavy atom. The van der Waals surface area contributed by atoms with E-state index in [2.05, 4.69) is 27.3 Å². The van der Waals surface area contributed by atoms with Gasteiger partial charge in [-0.15, -0.1) is 10.2 Å². The van der Waals surface area contributed by atoms with Gasteiger partial charge in [0.25, 0.3) is 0 Å². The number of aromatic nitrogens is 5. The van der Waals surface area contributed by atoms with E-state index in [1.54, 1.807) is 12.4 Å². The molecule has 1 saturated heterocycles. The SMILES string of the molecule is C[C@H]1CCCCN1C(=O)Cn1nnc(-c2cccnc2)n1. The van der Waals surface area contributed by atoms with Gasteiger partial charge in [-0.05, 0) is 43.5 Å². The van der Waals surface area contributed by atoms with Crippen molar-refractivity contribution in [2.24, 2.45) is 0 Å². The molecule has 1 atom stereocenters. The highest BCUT2D eigenvalue weighted by atomic mass is 16.2. The van der Waals surface area contributed by atoms with Gasteiger partial charge < -0.3 is 4.90 Å². The van der Waals surface area contributed by atoms with Crippen LogP contribution in [0, 0.1) is 0 Å². The largest absolute Gasteiger partial charge is 0.338 e. The van der Waals surface area contributed by atoms with Crippen molar-refractivity contribution < 1.29 is 4.79 Å². The smallest absolute Gasteiger partial charge is 0.246 e. The quantitative estimate of drug-likeness (QED) is 0.845. The summed E-state index contributed by atoms with van der Waals surface area (Å²) >= 11 is 0. The van der Waals surface area contributed by atoms with Crippen LogP contribution in [-0.2, 0) is 11.3 Å². The zero-order valence-electron chi connectivity index (χ0n) is 12.0. The van der Waals surface area contributed by atoms with Crippen LogP contribution in [0.1, 0.15) is 26.2 Å². The highest BCUT2D eigenvalue weighted by Crippen LogP contribution is 2.17. The van der Waals surface area contributed by atoms with Crippen molar-refractivity contribution in [2.75, 3.05) is 6.54 Å². The van der Waals surface area contributed by atoms with Gasteiger partial charge in [0, 0.05) is 30.5 Å². The summed E-state index contributed by atoms with van der Waals surface area (Å²) in [6, 6.07) is 3.98. The van der Waals surface area contributed by atoms with E-state index in [9.17, 15) is 4.79 Å². The predicted molar refractivity (Wildman–Crippen MR) is 76.1 cm³/mol. The highest BCUT2D eigenvalue weighted by molar-refractivity contribution is 5.76. The van der Waals surface area contributed by atoms with Gasteiger partial charge >= 0.3 is 0 Å². The van der Waals surface area contributed by atoms with Crippen LogP contribution in [0.25, 0.3) is 11.4 Å². The first-order valence-electron chi connectivity index (χ1n) is 7.22. The summed E-state index contributed by atoms with van der Waals surface area (Å²) in [6.45, 7) is 3.05. The van der Waals surface area contributed by atoms with Crippen LogP contribution < -0.4 is 0 Å². The Balaban J connectivity index is 1.68.